The number of hydrazone groups is 1. The molecular weight excluding hydrogens is 306 g/mol. The van der Waals surface area contributed by atoms with Crippen molar-refractivity contribution in [2.24, 2.45) is 16.6 Å². The van der Waals surface area contributed by atoms with Gasteiger partial charge in [-0.3, -0.25) is 0 Å². The Bertz CT molecular complexity index is 784. The van der Waals surface area contributed by atoms with Crippen molar-refractivity contribution in [2.45, 2.75) is 20.8 Å². The molecule has 0 spiro atoms. The van der Waals surface area contributed by atoms with E-state index >= 15 is 0 Å². The van der Waals surface area contributed by atoms with Crippen molar-refractivity contribution in [1.82, 2.24) is 4.57 Å². The van der Waals surface area contributed by atoms with Crippen LogP contribution in [0, 0.1) is 13.8 Å². The van der Waals surface area contributed by atoms with E-state index in [0.717, 1.165) is 22.6 Å². The summed E-state index contributed by atoms with van der Waals surface area (Å²) in [6, 6.07) is 9.31. The van der Waals surface area contributed by atoms with Gasteiger partial charge in [-0.2, -0.15) is 0 Å². The Hall–Kier alpha value is -3.09. The number of aromatic nitrogens is 1. The number of nitrogens with one attached hydrogen (secondary N) is 1. The predicted molar refractivity (Wildman–Crippen MR) is 93.1 cm³/mol. The topological polar surface area (TPSA) is 110 Å². The van der Waals surface area contributed by atoms with Crippen molar-refractivity contribution in [3.63, 3.8) is 0 Å². The normalized spacial score (nSPS) is 10.8. The van der Waals surface area contributed by atoms with E-state index in [4.69, 9.17) is 16.2 Å². The molecule has 0 aliphatic rings. The molecule has 1 heterocycles. The maximum atomic E-state index is 11.7. The van der Waals surface area contributed by atoms with Crippen LogP contribution in [0.3, 0.4) is 0 Å². The molecule has 0 fully saturated rings. The summed E-state index contributed by atoms with van der Waals surface area (Å²) < 4.78 is 7.08. The highest BCUT2D eigenvalue weighted by molar-refractivity contribution is 5.89. The first-order chi connectivity index (χ1) is 11.4. The minimum atomic E-state index is -0.319. The summed E-state index contributed by atoms with van der Waals surface area (Å²) in [4.78, 5) is 11.7. The summed E-state index contributed by atoms with van der Waals surface area (Å²) in [6.07, 6.45) is 1.73. The first-order valence-corrected chi connectivity index (χ1v) is 7.58. The van der Waals surface area contributed by atoms with Gasteiger partial charge in [0.1, 0.15) is 0 Å². The number of esters is 1. The highest BCUT2D eigenvalue weighted by atomic mass is 16.5. The van der Waals surface area contributed by atoms with E-state index in [1.165, 1.54) is 0 Å². The van der Waals surface area contributed by atoms with Crippen molar-refractivity contribution in [3.8, 4) is 5.69 Å². The zero-order valence-corrected chi connectivity index (χ0v) is 14.0. The largest absolute Gasteiger partial charge is 0.462 e. The van der Waals surface area contributed by atoms with Gasteiger partial charge >= 0.3 is 5.97 Å². The van der Waals surface area contributed by atoms with Crippen LogP contribution in [0.1, 0.15) is 34.2 Å². The molecule has 0 saturated carbocycles. The maximum Gasteiger partial charge on any atom is 0.338 e. The van der Waals surface area contributed by atoms with E-state index < -0.39 is 0 Å². The fraction of sp³-hybridized carbons (Fsp3) is 0.235. The molecule has 0 aliphatic heterocycles. The van der Waals surface area contributed by atoms with Crippen LogP contribution in [-0.2, 0) is 4.74 Å². The van der Waals surface area contributed by atoms with Crippen molar-refractivity contribution in [3.05, 3.63) is 52.8 Å². The van der Waals surface area contributed by atoms with Gasteiger partial charge in [0.05, 0.1) is 17.7 Å². The zero-order valence-electron chi connectivity index (χ0n) is 14.0. The van der Waals surface area contributed by atoms with Gasteiger partial charge in [0.15, 0.2) is 0 Å². The van der Waals surface area contributed by atoms with Crippen LogP contribution in [-0.4, -0.2) is 29.3 Å². The number of ether oxygens (including phenoxy) is 1. The van der Waals surface area contributed by atoms with E-state index in [1.807, 2.05) is 32.0 Å². The quantitative estimate of drug-likeness (QED) is 0.309. The van der Waals surface area contributed by atoms with E-state index in [0.29, 0.717) is 12.2 Å². The third kappa shape index (κ3) is 3.81. The van der Waals surface area contributed by atoms with Gasteiger partial charge in [0.25, 0.3) is 5.96 Å². The number of benzene rings is 1. The van der Waals surface area contributed by atoms with Gasteiger partial charge in [-0.05, 0) is 51.1 Å². The number of carbonyl (C=O) groups excluding carboxylic acids is 1. The lowest BCUT2D eigenvalue weighted by Gasteiger charge is -2.10. The molecule has 126 valence electrons. The number of nitrogens with two attached hydrogens (primary N) is 2. The van der Waals surface area contributed by atoms with Crippen molar-refractivity contribution >= 4 is 18.1 Å². The standard InChI is InChI=1S/C17H21N5O2/c1-4-24-16(23)13-5-7-15(8-6-13)22-11(2)9-14(12(22)3)10-20-21-17(18)19/h5-10H,4H2,1-3H3,(H4,18,19,21)/p+1/b20-10+. The Morgan fingerprint density at radius 2 is 1.96 bits per heavy atom. The van der Waals surface area contributed by atoms with Gasteiger partial charge in [0, 0.05) is 22.2 Å². The average molecular weight is 328 g/mol. The lowest BCUT2D eigenvalue weighted by Crippen LogP contribution is -2.63. The molecule has 0 atom stereocenters. The monoisotopic (exact) mass is 328 g/mol. The number of nitrogens with zero attached hydrogens (tertiary/aromatic N) is 2. The Balaban J connectivity index is 2.32. The molecular formula is C17H22N5O2+. The molecule has 0 radical (unpaired) electrons. The number of rotatable bonds is 5. The van der Waals surface area contributed by atoms with E-state index in [2.05, 4.69) is 14.8 Å². The summed E-state index contributed by atoms with van der Waals surface area (Å²) in [6.45, 7) is 6.14. The van der Waals surface area contributed by atoms with Crippen LogP contribution in [0.25, 0.3) is 5.69 Å². The minimum Gasteiger partial charge on any atom is -0.462 e. The maximum absolute atomic E-state index is 11.7. The Kier molecular flexibility index (Phi) is 5.36. The number of guanidine groups is 1. The lowest BCUT2D eigenvalue weighted by molar-refractivity contribution is -0.456. The fourth-order valence-corrected chi connectivity index (χ4v) is 2.47. The molecule has 0 amide bonds. The van der Waals surface area contributed by atoms with E-state index in [1.54, 1.807) is 25.3 Å². The second kappa shape index (κ2) is 7.45. The fourth-order valence-electron chi connectivity index (χ4n) is 2.47. The summed E-state index contributed by atoms with van der Waals surface area (Å²) in [5.41, 5.74) is 15.1. The lowest BCUT2D eigenvalue weighted by atomic mass is 10.2. The molecule has 1 aromatic carbocycles. The Labute approximate surface area is 140 Å². The first kappa shape index (κ1) is 17.3. The van der Waals surface area contributed by atoms with Gasteiger partial charge in [0.2, 0.25) is 6.21 Å². The third-order valence-electron chi connectivity index (χ3n) is 3.52. The van der Waals surface area contributed by atoms with Gasteiger partial charge in [-0.15, -0.1) is 5.10 Å². The molecule has 7 nitrogen and oxygen atoms in total. The van der Waals surface area contributed by atoms with Crippen LogP contribution < -0.4 is 16.6 Å². The zero-order chi connectivity index (χ0) is 17.7. The Morgan fingerprint density at radius 3 is 2.54 bits per heavy atom. The molecule has 2 aromatic rings. The Morgan fingerprint density at radius 1 is 1.29 bits per heavy atom. The second-order valence-electron chi connectivity index (χ2n) is 5.24. The highest BCUT2D eigenvalue weighted by Gasteiger charge is 2.12. The average Bonchev–Trinajstić information content (AvgIpc) is 2.82. The van der Waals surface area contributed by atoms with Gasteiger partial charge < -0.3 is 20.8 Å². The van der Waals surface area contributed by atoms with Crippen LogP contribution in [0.5, 0.6) is 0 Å². The smallest absolute Gasteiger partial charge is 0.338 e. The summed E-state index contributed by atoms with van der Waals surface area (Å²) in [5.74, 6) is -0.352. The molecule has 2 rings (SSSR count). The van der Waals surface area contributed by atoms with Crippen LogP contribution in [0.15, 0.2) is 35.4 Å². The molecule has 24 heavy (non-hydrogen) atoms. The van der Waals surface area contributed by atoms with Crippen molar-refractivity contribution < 1.29 is 14.6 Å². The highest BCUT2D eigenvalue weighted by Crippen LogP contribution is 2.20. The molecule has 0 bridgehead atoms. The molecule has 0 aliphatic carbocycles. The molecule has 0 saturated heterocycles. The molecule has 1 aromatic heterocycles. The van der Waals surface area contributed by atoms with Crippen LogP contribution >= 0.6 is 0 Å². The summed E-state index contributed by atoms with van der Waals surface area (Å²) in [7, 11) is 0. The number of hydrogen-bond donors (Lipinski definition) is 3. The molecule has 5 N–H and O–H groups in total. The van der Waals surface area contributed by atoms with Crippen LogP contribution in [0.4, 0.5) is 0 Å². The van der Waals surface area contributed by atoms with Gasteiger partial charge in [-0.1, -0.05) is 0 Å². The van der Waals surface area contributed by atoms with Crippen molar-refractivity contribution in [2.75, 3.05) is 6.61 Å². The van der Waals surface area contributed by atoms with E-state index in [9.17, 15) is 4.79 Å². The first-order valence-electron chi connectivity index (χ1n) is 7.58. The molecule has 7 heteroatoms. The number of carbonyl (C=O) groups is 1. The van der Waals surface area contributed by atoms with Gasteiger partial charge in [-0.25, -0.2) is 4.79 Å². The minimum absolute atomic E-state index is 0.0328. The SMILES string of the molecule is CCOC(=O)c1ccc(-n2c(C)cc(/C=[NH+]/N=C(N)N)c2C)cc1. The molecule has 0 unspecified atom stereocenters. The second-order valence-corrected chi connectivity index (χ2v) is 5.24. The predicted octanol–water partition coefficient (Wildman–Crippen LogP) is -0.0413. The van der Waals surface area contributed by atoms with Crippen LogP contribution in [0.2, 0.25) is 0 Å². The van der Waals surface area contributed by atoms with E-state index in [-0.39, 0.29) is 11.9 Å². The summed E-state index contributed by atoms with van der Waals surface area (Å²) >= 11 is 0. The van der Waals surface area contributed by atoms with Crippen molar-refractivity contribution in [1.29, 1.82) is 0 Å². The third-order valence-corrected chi connectivity index (χ3v) is 3.52. The number of hydrogen-bond acceptors (Lipinski definition) is 3. The summed E-state index contributed by atoms with van der Waals surface area (Å²) in [5, 5.41) is 6.44. The number of aryl methyl sites for hydroxylation is 1.